The smallest absolute Gasteiger partial charge is 0.123 e. The van der Waals surface area contributed by atoms with Gasteiger partial charge in [0, 0.05) is 41.2 Å². The molecule has 32 heavy (non-hydrogen) atoms. The Hall–Kier alpha value is -2.61. The maximum Gasteiger partial charge on any atom is 0.123 e. The number of hydrogen-bond acceptors (Lipinski definition) is 6. The Morgan fingerprint density at radius 1 is 1.12 bits per heavy atom. The van der Waals surface area contributed by atoms with Crippen molar-refractivity contribution in [2.75, 3.05) is 0 Å². The molecule has 0 fully saturated rings. The van der Waals surface area contributed by atoms with Crippen LogP contribution in [-0.2, 0) is 11.4 Å². The van der Waals surface area contributed by atoms with Gasteiger partial charge in [0.05, 0.1) is 24.5 Å². The van der Waals surface area contributed by atoms with E-state index >= 15 is 0 Å². The van der Waals surface area contributed by atoms with Crippen molar-refractivity contribution in [3.63, 3.8) is 0 Å². The zero-order chi connectivity index (χ0) is 24.0. The largest absolute Gasteiger partial charge is 0.550 e. The van der Waals surface area contributed by atoms with Gasteiger partial charge in [-0.3, -0.25) is 4.98 Å². The Morgan fingerprint density at radius 3 is 2.25 bits per heavy atom. The summed E-state index contributed by atoms with van der Waals surface area (Å²) in [7, 11) is 0. The molecule has 7 heteroatoms. The van der Waals surface area contributed by atoms with Gasteiger partial charge in [-0.15, -0.1) is 0 Å². The van der Waals surface area contributed by atoms with E-state index in [-0.39, 0.29) is 30.7 Å². The van der Waals surface area contributed by atoms with Crippen LogP contribution in [0.3, 0.4) is 0 Å². The molecule has 2 atom stereocenters. The van der Waals surface area contributed by atoms with Gasteiger partial charge in [-0.2, -0.15) is 0 Å². The number of carboxylic acid groups (broad SMARTS) is 1. The summed E-state index contributed by atoms with van der Waals surface area (Å²) in [6, 6.07) is 5.95. The van der Waals surface area contributed by atoms with Gasteiger partial charge in [0.1, 0.15) is 5.82 Å². The van der Waals surface area contributed by atoms with Gasteiger partial charge < -0.3 is 25.2 Å². The molecule has 2 unspecified atom stereocenters. The second-order valence-electron chi connectivity index (χ2n) is 8.52. The van der Waals surface area contributed by atoms with Crippen LogP contribution in [0.5, 0.6) is 0 Å². The van der Waals surface area contributed by atoms with Gasteiger partial charge in [0.25, 0.3) is 0 Å². The highest BCUT2D eigenvalue weighted by molar-refractivity contribution is 5.76. The quantitative estimate of drug-likeness (QED) is 0.519. The number of nitrogens with zero attached hydrogens (tertiary/aromatic N) is 1. The Labute approximate surface area is 188 Å². The molecule has 0 saturated carbocycles. The molecule has 1 aromatic carbocycles. The predicted molar refractivity (Wildman–Crippen MR) is 119 cm³/mol. The lowest BCUT2D eigenvalue weighted by molar-refractivity contribution is -0.307. The number of carboxylic acids is 1. The van der Waals surface area contributed by atoms with Crippen LogP contribution in [0.1, 0.15) is 74.8 Å². The van der Waals surface area contributed by atoms with Crippen molar-refractivity contribution in [1.29, 1.82) is 0 Å². The molecule has 0 radical (unpaired) electrons. The topological polar surface area (TPSA) is 114 Å². The van der Waals surface area contributed by atoms with Crippen LogP contribution in [0.15, 0.2) is 30.3 Å². The van der Waals surface area contributed by atoms with E-state index in [9.17, 15) is 29.6 Å². The fourth-order valence-corrected chi connectivity index (χ4v) is 3.82. The highest BCUT2D eigenvalue weighted by Crippen LogP contribution is 2.36. The molecule has 0 aliphatic carbocycles. The fourth-order valence-electron chi connectivity index (χ4n) is 3.82. The molecule has 6 nitrogen and oxygen atoms in total. The number of hydrogen-bond donors (Lipinski definition) is 3. The van der Waals surface area contributed by atoms with Crippen molar-refractivity contribution in [3.05, 3.63) is 58.5 Å². The van der Waals surface area contributed by atoms with Gasteiger partial charge in [-0.25, -0.2) is 4.39 Å². The second-order valence-corrected chi connectivity index (χ2v) is 8.52. The lowest BCUT2D eigenvalue weighted by atomic mass is 9.86. The van der Waals surface area contributed by atoms with Crippen LogP contribution < -0.4 is 5.11 Å². The van der Waals surface area contributed by atoms with Crippen molar-refractivity contribution in [2.24, 2.45) is 0 Å². The standard InChI is InChI=1S/C25H32FNO5/c1-14(2)23-20(10-9-18(29)11-19(30)12-22(31)32)25(16-5-7-17(26)8-6-16)27-24(15(3)4)21(23)13-28/h5-10,14-15,18-19,28-30H,11-13H2,1-4H3,(H,31,32)/p-1/b10-9+. The number of pyridine rings is 1. The summed E-state index contributed by atoms with van der Waals surface area (Å²) in [6.45, 7) is 7.75. The normalized spacial score (nSPS) is 13.8. The van der Waals surface area contributed by atoms with Gasteiger partial charge >= 0.3 is 0 Å². The first-order valence-corrected chi connectivity index (χ1v) is 10.7. The minimum Gasteiger partial charge on any atom is -0.550 e. The first-order valence-electron chi connectivity index (χ1n) is 10.7. The molecule has 0 bridgehead atoms. The summed E-state index contributed by atoms with van der Waals surface area (Å²) in [5, 5.41) is 40.9. The number of rotatable bonds is 10. The van der Waals surface area contributed by atoms with Crippen LogP contribution in [0.25, 0.3) is 17.3 Å². The lowest BCUT2D eigenvalue weighted by Gasteiger charge is -2.23. The number of aliphatic carboxylic acids is 1. The van der Waals surface area contributed by atoms with Crippen molar-refractivity contribution in [2.45, 2.75) is 71.2 Å². The van der Waals surface area contributed by atoms with Crippen LogP contribution in [-0.4, -0.2) is 38.5 Å². The van der Waals surface area contributed by atoms with E-state index in [0.717, 1.165) is 11.3 Å². The third kappa shape index (κ3) is 6.45. The zero-order valence-corrected chi connectivity index (χ0v) is 18.9. The van der Waals surface area contributed by atoms with Gasteiger partial charge in [-0.05, 0) is 41.7 Å². The second kappa shape index (κ2) is 11.3. The number of halogens is 1. The van der Waals surface area contributed by atoms with Crippen LogP contribution in [0, 0.1) is 5.82 Å². The number of carbonyl (C=O) groups excluding carboxylic acids is 1. The Balaban J connectivity index is 2.64. The molecule has 2 aromatic rings. The first kappa shape index (κ1) is 25.6. The summed E-state index contributed by atoms with van der Waals surface area (Å²) in [6.07, 6.45) is 0.0497. The lowest BCUT2D eigenvalue weighted by Crippen LogP contribution is -2.29. The van der Waals surface area contributed by atoms with E-state index in [2.05, 4.69) is 0 Å². The number of aromatic nitrogens is 1. The van der Waals surface area contributed by atoms with E-state index in [1.807, 2.05) is 27.7 Å². The number of aliphatic hydroxyl groups is 3. The van der Waals surface area contributed by atoms with E-state index < -0.39 is 24.6 Å². The average molecular weight is 445 g/mol. The van der Waals surface area contributed by atoms with Gasteiger partial charge in [-0.1, -0.05) is 39.8 Å². The summed E-state index contributed by atoms with van der Waals surface area (Å²) in [5.41, 5.74) is 4.28. The summed E-state index contributed by atoms with van der Waals surface area (Å²) >= 11 is 0. The molecule has 3 N–H and O–H groups in total. The maximum absolute atomic E-state index is 13.5. The van der Waals surface area contributed by atoms with E-state index in [0.29, 0.717) is 22.4 Å². The predicted octanol–water partition coefficient (Wildman–Crippen LogP) is 2.89. The van der Waals surface area contributed by atoms with Crippen LogP contribution in [0.4, 0.5) is 4.39 Å². The Bertz CT molecular complexity index is 954. The number of benzene rings is 1. The maximum atomic E-state index is 13.5. The molecular formula is C25H31FNO5-. The van der Waals surface area contributed by atoms with E-state index in [1.54, 1.807) is 18.2 Å². The summed E-state index contributed by atoms with van der Waals surface area (Å²) in [5.74, 6) is -1.71. The van der Waals surface area contributed by atoms with Crippen molar-refractivity contribution >= 4 is 12.0 Å². The first-order chi connectivity index (χ1) is 15.0. The average Bonchev–Trinajstić information content (AvgIpc) is 2.70. The zero-order valence-electron chi connectivity index (χ0n) is 18.9. The monoisotopic (exact) mass is 444 g/mol. The molecule has 1 heterocycles. The molecule has 0 aliphatic heterocycles. The van der Waals surface area contributed by atoms with Crippen LogP contribution in [0.2, 0.25) is 0 Å². The SMILES string of the molecule is CC(C)c1nc(-c2ccc(F)cc2)c(/C=C/C(O)CC(O)CC(=O)[O-])c(C(C)C)c1CO. The van der Waals surface area contributed by atoms with E-state index in [4.69, 9.17) is 4.98 Å². The highest BCUT2D eigenvalue weighted by atomic mass is 19.1. The third-order valence-electron chi connectivity index (χ3n) is 5.21. The molecule has 0 spiro atoms. The number of aliphatic hydroxyl groups excluding tert-OH is 3. The minimum absolute atomic E-state index is 0.0114. The molecule has 1 aromatic heterocycles. The number of carbonyl (C=O) groups is 1. The molecular weight excluding hydrogens is 413 g/mol. The van der Waals surface area contributed by atoms with Crippen molar-refractivity contribution in [3.8, 4) is 11.3 Å². The molecule has 0 amide bonds. The summed E-state index contributed by atoms with van der Waals surface area (Å²) < 4.78 is 13.5. The molecule has 2 rings (SSSR count). The van der Waals surface area contributed by atoms with Crippen molar-refractivity contribution in [1.82, 2.24) is 4.98 Å². The summed E-state index contributed by atoms with van der Waals surface area (Å²) in [4.78, 5) is 15.5. The molecule has 0 saturated heterocycles. The Kier molecular flexibility index (Phi) is 9.07. The van der Waals surface area contributed by atoms with Gasteiger partial charge in [0.2, 0.25) is 0 Å². The Morgan fingerprint density at radius 2 is 1.75 bits per heavy atom. The highest BCUT2D eigenvalue weighted by Gasteiger charge is 2.22. The minimum atomic E-state index is -1.39. The molecule has 174 valence electrons. The third-order valence-corrected chi connectivity index (χ3v) is 5.21. The van der Waals surface area contributed by atoms with E-state index in [1.165, 1.54) is 18.2 Å². The molecule has 0 aliphatic rings. The fraction of sp³-hybridized carbons (Fsp3) is 0.440. The van der Waals surface area contributed by atoms with Gasteiger partial charge in [0.15, 0.2) is 0 Å². The van der Waals surface area contributed by atoms with Crippen LogP contribution >= 0.6 is 0 Å². The van der Waals surface area contributed by atoms with Crippen molar-refractivity contribution < 1.29 is 29.6 Å².